The van der Waals surface area contributed by atoms with Crippen LogP contribution < -0.4 is 9.64 Å². The lowest BCUT2D eigenvalue weighted by atomic mass is 9.89. The molecule has 4 rings (SSSR count). The number of aliphatic hydroxyl groups excluding tert-OH is 1. The summed E-state index contributed by atoms with van der Waals surface area (Å²) in [6, 6.07) is 11.1. The van der Waals surface area contributed by atoms with Crippen molar-refractivity contribution in [1.29, 1.82) is 0 Å². The van der Waals surface area contributed by atoms with E-state index in [-0.39, 0.29) is 23.8 Å². The molecule has 2 atom stereocenters. The SMILES string of the molecule is CCC(C)(C)C(=O)Oc1cn2ccc3c(c2n1)N(C(C)=O)[C@@H](c1ccccc1)C[C@H]3O. The molecule has 162 valence electrons. The Morgan fingerprint density at radius 3 is 2.58 bits per heavy atom. The van der Waals surface area contributed by atoms with Crippen LogP contribution in [0.3, 0.4) is 0 Å². The number of benzene rings is 1. The number of amides is 1. The molecule has 1 amide bonds. The molecule has 0 saturated carbocycles. The Kier molecular flexibility index (Phi) is 5.31. The zero-order valence-corrected chi connectivity index (χ0v) is 18.2. The number of aliphatic hydroxyl groups is 1. The Bertz CT molecular complexity index is 1140. The molecule has 1 aliphatic rings. The molecule has 2 aromatic heterocycles. The highest BCUT2D eigenvalue weighted by Crippen LogP contribution is 2.45. The van der Waals surface area contributed by atoms with E-state index in [0.29, 0.717) is 29.7 Å². The van der Waals surface area contributed by atoms with E-state index >= 15 is 0 Å². The van der Waals surface area contributed by atoms with Gasteiger partial charge in [-0.1, -0.05) is 37.3 Å². The molecule has 1 N–H and O–H groups in total. The molecule has 3 heterocycles. The molecule has 0 saturated heterocycles. The summed E-state index contributed by atoms with van der Waals surface area (Å²) >= 11 is 0. The van der Waals surface area contributed by atoms with Crippen molar-refractivity contribution < 1.29 is 19.4 Å². The first-order valence-electron chi connectivity index (χ1n) is 10.5. The van der Waals surface area contributed by atoms with Crippen LogP contribution in [-0.2, 0) is 9.59 Å². The van der Waals surface area contributed by atoms with Gasteiger partial charge in [0, 0.05) is 25.1 Å². The number of fused-ring (bicyclic) bond motifs is 3. The number of carbonyl (C=O) groups is 2. The number of carbonyl (C=O) groups excluding carboxylic acids is 2. The molecule has 1 aliphatic heterocycles. The molecular formula is C24H27N3O4. The molecule has 7 heteroatoms. The summed E-state index contributed by atoms with van der Waals surface area (Å²) in [7, 11) is 0. The van der Waals surface area contributed by atoms with Crippen molar-refractivity contribution >= 4 is 23.2 Å². The standard InChI is InChI=1S/C24H27N3O4/c1-5-24(3,4)23(30)31-20-14-26-12-11-17-19(29)13-18(16-9-7-6-8-10-16)27(15(2)28)21(17)22(26)25-20/h6-12,14,18-19,29H,5,13H2,1-4H3/t18-,19-/m1/s1. The largest absolute Gasteiger partial charge is 0.405 e. The molecule has 0 radical (unpaired) electrons. The number of esters is 1. The Hall–Kier alpha value is -3.19. The number of hydrogen-bond acceptors (Lipinski definition) is 5. The zero-order chi connectivity index (χ0) is 22.3. The second-order valence-corrected chi connectivity index (χ2v) is 8.62. The van der Waals surface area contributed by atoms with E-state index < -0.39 is 11.5 Å². The topological polar surface area (TPSA) is 84.1 Å². The van der Waals surface area contributed by atoms with Crippen LogP contribution in [0.5, 0.6) is 5.88 Å². The van der Waals surface area contributed by atoms with Crippen LogP contribution in [0.1, 0.15) is 63.8 Å². The molecule has 0 spiro atoms. The van der Waals surface area contributed by atoms with E-state index in [4.69, 9.17) is 4.74 Å². The minimum Gasteiger partial charge on any atom is -0.405 e. The number of ether oxygens (including phenoxy) is 1. The maximum Gasteiger partial charge on any atom is 0.318 e. The second kappa shape index (κ2) is 7.81. The van der Waals surface area contributed by atoms with Crippen LogP contribution in [0.2, 0.25) is 0 Å². The van der Waals surface area contributed by atoms with Gasteiger partial charge in [-0.15, -0.1) is 0 Å². The quantitative estimate of drug-likeness (QED) is 0.638. The lowest BCUT2D eigenvalue weighted by Crippen LogP contribution is -2.38. The van der Waals surface area contributed by atoms with Gasteiger partial charge in [-0.3, -0.25) is 9.59 Å². The maximum atomic E-state index is 12.8. The molecule has 3 aromatic rings. The highest BCUT2D eigenvalue weighted by atomic mass is 16.5. The van der Waals surface area contributed by atoms with Crippen molar-refractivity contribution in [1.82, 2.24) is 9.38 Å². The van der Waals surface area contributed by atoms with Gasteiger partial charge in [-0.2, -0.15) is 4.98 Å². The van der Waals surface area contributed by atoms with Gasteiger partial charge in [-0.05, 0) is 31.9 Å². The molecule has 1 aromatic carbocycles. The molecule has 7 nitrogen and oxygen atoms in total. The third kappa shape index (κ3) is 3.70. The van der Waals surface area contributed by atoms with E-state index in [1.54, 1.807) is 27.8 Å². The van der Waals surface area contributed by atoms with Crippen molar-refractivity contribution in [3.8, 4) is 5.88 Å². The minimum atomic E-state index is -0.748. The second-order valence-electron chi connectivity index (χ2n) is 8.62. The van der Waals surface area contributed by atoms with Crippen molar-refractivity contribution in [3.63, 3.8) is 0 Å². The van der Waals surface area contributed by atoms with E-state index in [1.807, 2.05) is 51.1 Å². The Balaban J connectivity index is 1.83. The molecule has 0 fully saturated rings. The summed E-state index contributed by atoms with van der Waals surface area (Å²) in [6.07, 6.45) is 3.66. The van der Waals surface area contributed by atoms with Gasteiger partial charge in [-0.25, -0.2) is 0 Å². The number of rotatable bonds is 4. The first-order valence-corrected chi connectivity index (χ1v) is 10.5. The number of imidazole rings is 1. The third-order valence-electron chi connectivity index (χ3n) is 6.13. The molecule has 0 unspecified atom stereocenters. The van der Waals surface area contributed by atoms with Crippen LogP contribution >= 0.6 is 0 Å². The van der Waals surface area contributed by atoms with E-state index in [9.17, 15) is 14.7 Å². The first-order chi connectivity index (χ1) is 14.7. The fraction of sp³-hybridized carbons (Fsp3) is 0.375. The van der Waals surface area contributed by atoms with Gasteiger partial charge in [0.1, 0.15) is 0 Å². The van der Waals surface area contributed by atoms with Gasteiger partial charge in [0.15, 0.2) is 5.65 Å². The summed E-state index contributed by atoms with van der Waals surface area (Å²) < 4.78 is 7.26. The average molecular weight is 421 g/mol. The number of aromatic nitrogens is 2. The summed E-state index contributed by atoms with van der Waals surface area (Å²) in [5.74, 6) is -0.346. The fourth-order valence-electron chi connectivity index (χ4n) is 3.91. The summed E-state index contributed by atoms with van der Waals surface area (Å²) in [6.45, 7) is 7.09. The van der Waals surface area contributed by atoms with Crippen molar-refractivity contribution in [3.05, 3.63) is 59.9 Å². The van der Waals surface area contributed by atoms with E-state index in [0.717, 1.165) is 5.56 Å². The smallest absolute Gasteiger partial charge is 0.318 e. The lowest BCUT2D eigenvalue weighted by molar-refractivity contribution is -0.144. The van der Waals surface area contributed by atoms with Crippen LogP contribution in [-0.4, -0.2) is 26.4 Å². The number of pyridine rings is 1. The average Bonchev–Trinajstić information content (AvgIpc) is 3.16. The van der Waals surface area contributed by atoms with Crippen molar-refractivity contribution in [2.45, 2.75) is 52.7 Å². The van der Waals surface area contributed by atoms with Crippen molar-refractivity contribution in [2.24, 2.45) is 5.41 Å². The monoisotopic (exact) mass is 421 g/mol. The predicted molar refractivity (Wildman–Crippen MR) is 117 cm³/mol. The summed E-state index contributed by atoms with van der Waals surface area (Å²) in [4.78, 5) is 31.5. The third-order valence-corrected chi connectivity index (χ3v) is 6.13. The zero-order valence-electron chi connectivity index (χ0n) is 18.2. The molecular weight excluding hydrogens is 394 g/mol. The number of hydrogen-bond donors (Lipinski definition) is 1. The van der Waals surface area contributed by atoms with Crippen molar-refractivity contribution in [2.75, 3.05) is 4.90 Å². The predicted octanol–water partition coefficient (Wildman–Crippen LogP) is 4.21. The summed E-state index contributed by atoms with van der Waals surface area (Å²) in [5.41, 5.74) is 1.94. The summed E-state index contributed by atoms with van der Waals surface area (Å²) in [5, 5.41) is 10.9. The highest BCUT2D eigenvalue weighted by molar-refractivity contribution is 5.98. The number of nitrogens with zero attached hydrogens (tertiary/aromatic N) is 3. The van der Waals surface area contributed by atoms with Gasteiger partial charge >= 0.3 is 5.97 Å². The maximum absolute atomic E-state index is 12.8. The fourth-order valence-corrected chi connectivity index (χ4v) is 3.91. The Labute approximate surface area is 181 Å². The highest BCUT2D eigenvalue weighted by Gasteiger charge is 2.37. The van der Waals surface area contributed by atoms with Crippen LogP contribution in [0.25, 0.3) is 5.65 Å². The van der Waals surface area contributed by atoms with E-state index in [1.165, 1.54) is 6.92 Å². The minimum absolute atomic E-state index is 0.149. The van der Waals surface area contributed by atoms with E-state index in [2.05, 4.69) is 4.98 Å². The molecule has 0 aliphatic carbocycles. The Morgan fingerprint density at radius 2 is 1.94 bits per heavy atom. The van der Waals surface area contributed by atoms with Gasteiger partial charge in [0.05, 0.1) is 29.4 Å². The normalized spacial score (nSPS) is 18.7. The van der Waals surface area contributed by atoms with Gasteiger partial charge < -0.3 is 19.1 Å². The van der Waals surface area contributed by atoms with Crippen LogP contribution in [0, 0.1) is 5.41 Å². The lowest BCUT2D eigenvalue weighted by Gasteiger charge is -2.39. The number of anilines is 1. The first kappa shape index (κ1) is 21.1. The van der Waals surface area contributed by atoms with Crippen LogP contribution in [0.4, 0.5) is 5.69 Å². The molecule has 31 heavy (non-hydrogen) atoms. The van der Waals surface area contributed by atoms with Gasteiger partial charge in [0.2, 0.25) is 11.8 Å². The molecule has 0 bridgehead atoms. The Morgan fingerprint density at radius 1 is 1.23 bits per heavy atom. The van der Waals surface area contributed by atoms with Crippen LogP contribution in [0.15, 0.2) is 48.8 Å². The van der Waals surface area contributed by atoms with Gasteiger partial charge in [0.25, 0.3) is 0 Å².